The van der Waals surface area contributed by atoms with Crippen LogP contribution < -0.4 is 10.1 Å². The molecule has 1 heterocycles. The maximum atomic E-state index is 12.4. The normalized spacial score (nSPS) is 12.8. The van der Waals surface area contributed by atoms with Crippen LogP contribution in [0.5, 0.6) is 5.75 Å². The fourth-order valence-corrected chi connectivity index (χ4v) is 3.60. The molecular formula is C24H25ClN2O3. The van der Waals surface area contributed by atoms with Crippen LogP contribution in [0.15, 0.2) is 48.1 Å². The summed E-state index contributed by atoms with van der Waals surface area (Å²) in [5.74, 6) is 0.261. The first-order chi connectivity index (χ1) is 14.2. The molecule has 1 aliphatic rings. The lowest BCUT2D eigenvalue weighted by Crippen LogP contribution is -2.34. The number of rotatable bonds is 5. The summed E-state index contributed by atoms with van der Waals surface area (Å²) in [4.78, 5) is 26.2. The zero-order valence-corrected chi connectivity index (χ0v) is 18.3. The van der Waals surface area contributed by atoms with Crippen molar-refractivity contribution >= 4 is 35.2 Å². The van der Waals surface area contributed by atoms with E-state index in [9.17, 15) is 9.59 Å². The van der Waals surface area contributed by atoms with E-state index in [1.807, 2.05) is 51.1 Å². The van der Waals surface area contributed by atoms with Crippen LogP contribution in [-0.2, 0) is 9.59 Å². The Morgan fingerprint density at radius 3 is 2.57 bits per heavy atom. The third kappa shape index (κ3) is 5.30. The molecule has 6 heteroatoms. The maximum Gasteiger partial charge on any atom is 0.246 e. The Balaban J connectivity index is 1.60. The second-order valence-corrected chi connectivity index (χ2v) is 7.98. The van der Waals surface area contributed by atoms with E-state index in [-0.39, 0.29) is 18.4 Å². The summed E-state index contributed by atoms with van der Waals surface area (Å²) in [6, 6.07) is 9.45. The van der Waals surface area contributed by atoms with Crippen LogP contribution in [0.2, 0.25) is 5.02 Å². The van der Waals surface area contributed by atoms with E-state index in [1.165, 1.54) is 11.0 Å². The van der Waals surface area contributed by atoms with E-state index in [1.54, 1.807) is 19.2 Å². The van der Waals surface area contributed by atoms with Crippen molar-refractivity contribution in [2.75, 3.05) is 25.5 Å². The largest absolute Gasteiger partial charge is 0.488 e. The lowest BCUT2D eigenvalue weighted by atomic mass is 10.1. The van der Waals surface area contributed by atoms with Gasteiger partial charge >= 0.3 is 0 Å². The SMILES string of the molecule is Cc1cc(C)c(NC(=O)CN(C)C(=O)/C=C/C2=Cc3cc(Cl)ccc3OC2)c(C)c1. The molecular weight excluding hydrogens is 400 g/mol. The van der Waals surface area contributed by atoms with Gasteiger partial charge in [0.2, 0.25) is 11.8 Å². The lowest BCUT2D eigenvalue weighted by Gasteiger charge is -2.18. The molecule has 5 nitrogen and oxygen atoms in total. The van der Waals surface area contributed by atoms with Crippen LogP contribution >= 0.6 is 11.6 Å². The summed E-state index contributed by atoms with van der Waals surface area (Å²) in [5.41, 5.74) is 5.66. The summed E-state index contributed by atoms with van der Waals surface area (Å²) in [7, 11) is 1.60. The van der Waals surface area contributed by atoms with Gasteiger partial charge in [-0.1, -0.05) is 35.4 Å². The zero-order chi connectivity index (χ0) is 21.8. The van der Waals surface area contributed by atoms with Crippen molar-refractivity contribution in [1.82, 2.24) is 4.90 Å². The van der Waals surface area contributed by atoms with E-state index in [4.69, 9.17) is 16.3 Å². The van der Waals surface area contributed by atoms with Gasteiger partial charge in [-0.3, -0.25) is 9.59 Å². The molecule has 0 aliphatic carbocycles. The minimum atomic E-state index is -0.264. The number of amides is 2. The van der Waals surface area contributed by atoms with Gasteiger partial charge in [-0.2, -0.15) is 0 Å². The first-order valence-electron chi connectivity index (χ1n) is 9.66. The van der Waals surface area contributed by atoms with Crippen LogP contribution in [0.25, 0.3) is 6.08 Å². The Bertz CT molecular complexity index is 1030. The minimum Gasteiger partial charge on any atom is -0.488 e. The topological polar surface area (TPSA) is 58.6 Å². The average molecular weight is 425 g/mol. The Hall–Kier alpha value is -3.05. The van der Waals surface area contributed by atoms with E-state index >= 15 is 0 Å². The number of hydrogen-bond donors (Lipinski definition) is 1. The van der Waals surface area contributed by atoms with Crippen LogP contribution in [0.3, 0.4) is 0 Å². The van der Waals surface area contributed by atoms with Crippen molar-refractivity contribution in [3.05, 3.63) is 75.3 Å². The molecule has 30 heavy (non-hydrogen) atoms. The van der Waals surface area contributed by atoms with Crippen molar-refractivity contribution in [3.8, 4) is 5.75 Å². The number of carbonyl (C=O) groups excluding carboxylic acids is 2. The predicted molar refractivity (Wildman–Crippen MR) is 121 cm³/mol. The molecule has 2 amide bonds. The van der Waals surface area contributed by atoms with Gasteiger partial charge in [0.05, 0.1) is 6.54 Å². The van der Waals surface area contributed by atoms with E-state index < -0.39 is 0 Å². The third-order valence-electron chi connectivity index (χ3n) is 4.85. The van der Waals surface area contributed by atoms with E-state index in [0.717, 1.165) is 39.3 Å². The molecule has 1 N–H and O–H groups in total. The van der Waals surface area contributed by atoms with Crippen molar-refractivity contribution < 1.29 is 14.3 Å². The molecule has 1 aliphatic heterocycles. The van der Waals surface area contributed by atoms with Gasteiger partial charge in [-0.15, -0.1) is 0 Å². The number of hydrogen-bond acceptors (Lipinski definition) is 3. The number of aryl methyl sites for hydroxylation is 3. The van der Waals surface area contributed by atoms with Crippen molar-refractivity contribution in [3.63, 3.8) is 0 Å². The van der Waals surface area contributed by atoms with Gasteiger partial charge in [0.15, 0.2) is 0 Å². The van der Waals surface area contributed by atoms with Crippen molar-refractivity contribution in [2.45, 2.75) is 20.8 Å². The molecule has 156 valence electrons. The number of fused-ring (bicyclic) bond motifs is 1. The number of benzene rings is 2. The lowest BCUT2D eigenvalue weighted by molar-refractivity contribution is -0.129. The second kappa shape index (κ2) is 9.18. The highest BCUT2D eigenvalue weighted by Gasteiger charge is 2.14. The van der Waals surface area contributed by atoms with Crippen LogP contribution in [0.1, 0.15) is 22.3 Å². The molecule has 3 rings (SSSR count). The van der Waals surface area contributed by atoms with Crippen LogP contribution in [0.4, 0.5) is 5.69 Å². The summed E-state index contributed by atoms with van der Waals surface area (Å²) in [6.07, 6.45) is 5.08. The van der Waals surface area contributed by atoms with Gasteiger partial charge in [0, 0.05) is 29.4 Å². The molecule has 0 aromatic heterocycles. The summed E-state index contributed by atoms with van der Waals surface area (Å²) >= 11 is 6.03. The number of ether oxygens (including phenoxy) is 1. The van der Waals surface area contributed by atoms with Gasteiger partial charge < -0.3 is 15.0 Å². The predicted octanol–water partition coefficient (Wildman–Crippen LogP) is 4.69. The molecule has 2 aromatic carbocycles. The quantitative estimate of drug-likeness (QED) is 0.708. The molecule has 0 saturated heterocycles. The molecule has 0 fully saturated rings. The van der Waals surface area contributed by atoms with Gasteiger partial charge in [0.1, 0.15) is 12.4 Å². The van der Waals surface area contributed by atoms with Gasteiger partial charge in [0.25, 0.3) is 0 Å². The van der Waals surface area contributed by atoms with Gasteiger partial charge in [-0.05, 0) is 61.7 Å². The third-order valence-corrected chi connectivity index (χ3v) is 5.08. The van der Waals surface area contributed by atoms with Gasteiger partial charge in [-0.25, -0.2) is 0 Å². The summed E-state index contributed by atoms with van der Waals surface area (Å²) in [6.45, 7) is 6.26. The number of halogens is 1. The Labute approximate surface area is 182 Å². The highest BCUT2D eigenvalue weighted by molar-refractivity contribution is 6.30. The fraction of sp³-hybridized carbons (Fsp3) is 0.250. The van der Waals surface area contributed by atoms with Crippen molar-refractivity contribution in [1.29, 1.82) is 0 Å². The molecule has 0 saturated carbocycles. The zero-order valence-electron chi connectivity index (χ0n) is 17.6. The Kier molecular flexibility index (Phi) is 6.63. The Morgan fingerprint density at radius 1 is 1.17 bits per heavy atom. The molecule has 0 atom stereocenters. The molecule has 0 radical (unpaired) electrons. The number of carbonyl (C=O) groups is 2. The number of nitrogens with zero attached hydrogens (tertiary/aromatic N) is 1. The molecule has 0 bridgehead atoms. The molecule has 0 unspecified atom stereocenters. The van der Waals surface area contributed by atoms with Crippen LogP contribution in [0, 0.1) is 20.8 Å². The maximum absolute atomic E-state index is 12.4. The first-order valence-corrected chi connectivity index (χ1v) is 10.0. The highest BCUT2D eigenvalue weighted by atomic mass is 35.5. The van der Waals surface area contributed by atoms with E-state index in [2.05, 4.69) is 5.32 Å². The van der Waals surface area contributed by atoms with Crippen molar-refractivity contribution in [2.24, 2.45) is 0 Å². The number of nitrogens with one attached hydrogen (secondary N) is 1. The molecule has 2 aromatic rings. The first kappa shape index (κ1) is 21.7. The number of likely N-dealkylation sites (N-methyl/N-ethyl adjacent to an activating group) is 1. The van der Waals surface area contributed by atoms with E-state index in [0.29, 0.717) is 11.6 Å². The standard InChI is InChI=1S/C24H25ClN2O3/c1-15-9-16(2)24(17(3)10-15)26-22(28)13-27(4)23(29)8-5-18-11-19-12-20(25)6-7-21(19)30-14-18/h5-12H,13-14H2,1-4H3,(H,26,28)/b8-5+. The summed E-state index contributed by atoms with van der Waals surface area (Å²) in [5, 5.41) is 3.54. The second-order valence-electron chi connectivity index (χ2n) is 7.54. The molecule has 0 spiro atoms. The fourth-order valence-electron chi connectivity index (χ4n) is 3.42. The number of anilines is 1. The Morgan fingerprint density at radius 2 is 1.87 bits per heavy atom. The smallest absolute Gasteiger partial charge is 0.246 e. The highest BCUT2D eigenvalue weighted by Crippen LogP contribution is 2.29. The van der Waals surface area contributed by atoms with Crippen LogP contribution in [-0.4, -0.2) is 36.9 Å². The minimum absolute atomic E-state index is 0.0378. The summed E-state index contributed by atoms with van der Waals surface area (Å²) < 4.78 is 5.68. The monoisotopic (exact) mass is 424 g/mol. The average Bonchev–Trinajstić information content (AvgIpc) is 2.68.